The topological polar surface area (TPSA) is 60.0 Å². The summed E-state index contributed by atoms with van der Waals surface area (Å²) in [5.41, 5.74) is 5.78. The lowest BCUT2D eigenvalue weighted by Crippen LogP contribution is -2.35. The van der Waals surface area contributed by atoms with E-state index in [-0.39, 0.29) is 13.4 Å². The van der Waals surface area contributed by atoms with Gasteiger partial charge in [-0.05, 0) is 58.5 Å². The molecule has 1 aliphatic rings. The Bertz CT molecular complexity index is 1110. The van der Waals surface area contributed by atoms with Gasteiger partial charge in [-0.3, -0.25) is 0 Å². The molecule has 5 nitrogen and oxygen atoms in total. The summed E-state index contributed by atoms with van der Waals surface area (Å²) in [6.45, 7) is 7.30. The van der Waals surface area contributed by atoms with Gasteiger partial charge in [0.05, 0.1) is 0 Å². The van der Waals surface area contributed by atoms with E-state index in [4.69, 9.17) is 14.2 Å². The number of rotatable bonds is 10. The van der Waals surface area contributed by atoms with Gasteiger partial charge in [0.25, 0.3) is 0 Å². The summed E-state index contributed by atoms with van der Waals surface area (Å²) in [6, 6.07) is 25.0. The molecule has 0 saturated heterocycles. The molecule has 1 atom stereocenters. The van der Waals surface area contributed by atoms with Gasteiger partial charge >= 0.3 is 0 Å². The third-order valence-corrected chi connectivity index (χ3v) is 5.79. The fraction of sp³-hybridized carbons (Fsp3) is 0.310. The molecule has 0 amide bonds. The van der Waals surface area contributed by atoms with Gasteiger partial charge < -0.3 is 24.6 Å². The van der Waals surface area contributed by atoms with Crippen molar-refractivity contribution >= 4 is 11.1 Å². The SMILES string of the molecule is CCC(=C(c1ccccc1)c1ccc(OCC(O)CNC(C)C)cc1)c1ccc2c(c1)OCO2. The molecule has 0 spiro atoms. The Hall–Kier alpha value is -3.28. The molecule has 1 unspecified atom stereocenters. The van der Waals surface area contributed by atoms with Crippen LogP contribution in [0.3, 0.4) is 0 Å². The maximum Gasteiger partial charge on any atom is 0.231 e. The summed E-state index contributed by atoms with van der Waals surface area (Å²) in [6.07, 6.45) is 0.302. The lowest BCUT2D eigenvalue weighted by atomic mass is 9.88. The first-order valence-corrected chi connectivity index (χ1v) is 11.9. The number of aliphatic hydroxyl groups is 1. The Morgan fingerprint density at radius 2 is 1.59 bits per heavy atom. The molecule has 0 fully saturated rings. The highest BCUT2D eigenvalue weighted by molar-refractivity contribution is 5.98. The van der Waals surface area contributed by atoms with Crippen molar-refractivity contribution in [3.63, 3.8) is 0 Å². The van der Waals surface area contributed by atoms with Crippen molar-refractivity contribution in [2.75, 3.05) is 19.9 Å². The van der Waals surface area contributed by atoms with Crippen molar-refractivity contribution in [3.05, 3.63) is 89.5 Å². The molecule has 0 aliphatic carbocycles. The van der Waals surface area contributed by atoms with Crippen LogP contribution < -0.4 is 19.5 Å². The zero-order valence-electron chi connectivity index (χ0n) is 20.1. The van der Waals surface area contributed by atoms with Crippen LogP contribution in [0.15, 0.2) is 72.8 Å². The first-order valence-electron chi connectivity index (χ1n) is 11.9. The average molecular weight is 460 g/mol. The quantitative estimate of drug-likeness (QED) is 0.391. The summed E-state index contributed by atoms with van der Waals surface area (Å²) in [4.78, 5) is 0. The molecule has 1 heterocycles. The molecule has 3 aromatic rings. The third kappa shape index (κ3) is 5.79. The van der Waals surface area contributed by atoms with Crippen molar-refractivity contribution in [3.8, 4) is 17.2 Å². The van der Waals surface area contributed by atoms with E-state index in [0.29, 0.717) is 12.6 Å². The average Bonchev–Trinajstić information content (AvgIpc) is 3.33. The fourth-order valence-corrected chi connectivity index (χ4v) is 4.07. The van der Waals surface area contributed by atoms with Gasteiger partial charge in [-0.25, -0.2) is 0 Å². The Kier molecular flexibility index (Phi) is 7.88. The second-order valence-corrected chi connectivity index (χ2v) is 8.69. The van der Waals surface area contributed by atoms with E-state index in [1.165, 1.54) is 11.1 Å². The molecule has 5 heteroatoms. The standard InChI is InChI=1S/C29H33NO4/c1-4-26(23-12-15-27-28(16-23)34-19-33-27)29(21-8-6-5-7-9-21)22-10-13-25(14-11-22)32-18-24(31)17-30-20(2)3/h5-16,20,24,30-31H,4,17-19H2,1-3H3. The molecule has 34 heavy (non-hydrogen) atoms. The molecule has 1 aliphatic heterocycles. The van der Waals surface area contributed by atoms with E-state index in [0.717, 1.165) is 40.4 Å². The number of hydrogen-bond acceptors (Lipinski definition) is 5. The van der Waals surface area contributed by atoms with E-state index in [2.05, 4.69) is 74.6 Å². The number of ether oxygens (including phenoxy) is 3. The van der Waals surface area contributed by atoms with Crippen LogP contribution in [0.4, 0.5) is 0 Å². The molecule has 3 aromatic carbocycles. The van der Waals surface area contributed by atoms with Crippen LogP contribution >= 0.6 is 0 Å². The van der Waals surface area contributed by atoms with Crippen LogP contribution in [-0.4, -0.2) is 37.2 Å². The van der Waals surface area contributed by atoms with Gasteiger partial charge in [-0.2, -0.15) is 0 Å². The van der Waals surface area contributed by atoms with Crippen LogP contribution in [0, 0.1) is 0 Å². The monoisotopic (exact) mass is 459 g/mol. The van der Waals surface area contributed by atoms with Gasteiger partial charge in [-0.1, -0.05) is 69.3 Å². The smallest absolute Gasteiger partial charge is 0.231 e. The predicted molar refractivity (Wildman–Crippen MR) is 136 cm³/mol. The molecular formula is C29H33NO4. The number of fused-ring (bicyclic) bond motifs is 1. The Balaban J connectivity index is 1.63. The van der Waals surface area contributed by atoms with E-state index in [1.807, 2.05) is 24.3 Å². The molecule has 0 aromatic heterocycles. The lowest BCUT2D eigenvalue weighted by molar-refractivity contribution is 0.104. The molecular weight excluding hydrogens is 426 g/mol. The highest BCUT2D eigenvalue weighted by Gasteiger charge is 2.18. The fourth-order valence-electron chi connectivity index (χ4n) is 4.07. The number of aliphatic hydroxyl groups excluding tert-OH is 1. The highest BCUT2D eigenvalue weighted by atomic mass is 16.7. The van der Waals surface area contributed by atoms with Crippen LogP contribution in [0.2, 0.25) is 0 Å². The molecule has 0 bridgehead atoms. The van der Waals surface area contributed by atoms with Crippen molar-refractivity contribution in [2.24, 2.45) is 0 Å². The first kappa shape index (κ1) is 23.9. The van der Waals surface area contributed by atoms with Crippen LogP contribution in [0.1, 0.15) is 43.9 Å². The van der Waals surface area contributed by atoms with Gasteiger partial charge in [-0.15, -0.1) is 0 Å². The first-order chi connectivity index (χ1) is 16.5. The minimum absolute atomic E-state index is 0.248. The maximum absolute atomic E-state index is 10.1. The van der Waals surface area contributed by atoms with Crippen LogP contribution in [0.5, 0.6) is 17.2 Å². The number of nitrogens with one attached hydrogen (secondary N) is 1. The lowest BCUT2D eigenvalue weighted by Gasteiger charge is -2.18. The Morgan fingerprint density at radius 1 is 0.912 bits per heavy atom. The number of benzene rings is 3. The number of allylic oxidation sites excluding steroid dienone is 1. The minimum Gasteiger partial charge on any atom is -0.491 e. The van der Waals surface area contributed by atoms with Crippen molar-refractivity contribution < 1.29 is 19.3 Å². The summed E-state index contributed by atoms with van der Waals surface area (Å²) >= 11 is 0. The van der Waals surface area contributed by atoms with Crippen LogP contribution in [0.25, 0.3) is 11.1 Å². The van der Waals surface area contributed by atoms with E-state index in [9.17, 15) is 5.11 Å². The third-order valence-electron chi connectivity index (χ3n) is 5.79. The Morgan fingerprint density at radius 3 is 2.29 bits per heavy atom. The summed E-state index contributed by atoms with van der Waals surface area (Å²) in [5.74, 6) is 2.30. The maximum atomic E-state index is 10.1. The number of hydrogen-bond donors (Lipinski definition) is 2. The van der Waals surface area contributed by atoms with Gasteiger partial charge in [0.15, 0.2) is 11.5 Å². The zero-order chi connectivity index (χ0) is 23.9. The molecule has 0 radical (unpaired) electrons. The molecule has 4 rings (SSSR count). The summed E-state index contributed by atoms with van der Waals surface area (Å²) in [5, 5.41) is 13.4. The van der Waals surface area contributed by atoms with Gasteiger partial charge in [0.2, 0.25) is 6.79 Å². The van der Waals surface area contributed by atoms with E-state index >= 15 is 0 Å². The largest absolute Gasteiger partial charge is 0.491 e. The van der Waals surface area contributed by atoms with Gasteiger partial charge in [0, 0.05) is 12.6 Å². The van der Waals surface area contributed by atoms with Crippen molar-refractivity contribution in [1.29, 1.82) is 0 Å². The van der Waals surface area contributed by atoms with Crippen molar-refractivity contribution in [1.82, 2.24) is 5.32 Å². The predicted octanol–water partition coefficient (Wildman–Crippen LogP) is 5.52. The second-order valence-electron chi connectivity index (χ2n) is 8.69. The molecule has 0 saturated carbocycles. The minimum atomic E-state index is -0.556. The zero-order valence-corrected chi connectivity index (χ0v) is 20.1. The normalized spacial score (nSPS) is 14.1. The Labute approximate surface area is 202 Å². The van der Waals surface area contributed by atoms with E-state index < -0.39 is 6.10 Å². The summed E-state index contributed by atoms with van der Waals surface area (Å²) < 4.78 is 17.0. The van der Waals surface area contributed by atoms with E-state index in [1.54, 1.807) is 0 Å². The molecule has 2 N–H and O–H groups in total. The second kappa shape index (κ2) is 11.2. The van der Waals surface area contributed by atoms with Crippen LogP contribution in [-0.2, 0) is 0 Å². The van der Waals surface area contributed by atoms with Gasteiger partial charge in [0.1, 0.15) is 18.5 Å². The van der Waals surface area contributed by atoms with Crippen molar-refractivity contribution in [2.45, 2.75) is 39.3 Å². The highest BCUT2D eigenvalue weighted by Crippen LogP contribution is 2.39. The molecule has 178 valence electrons. The summed E-state index contributed by atoms with van der Waals surface area (Å²) in [7, 11) is 0.